The van der Waals surface area contributed by atoms with E-state index in [2.05, 4.69) is 12.2 Å². The van der Waals surface area contributed by atoms with Crippen molar-refractivity contribution in [3.63, 3.8) is 0 Å². The van der Waals surface area contributed by atoms with Gasteiger partial charge in [0.25, 0.3) is 0 Å². The van der Waals surface area contributed by atoms with Crippen LogP contribution in [0.15, 0.2) is 0 Å². The van der Waals surface area contributed by atoms with E-state index in [1.165, 1.54) is 38.5 Å². The van der Waals surface area contributed by atoms with Crippen molar-refractivity contribution in [2.45, 2.75) is 104 Å². The number of carbonyl (C=O) groups is 2. The minimum absolute atomic E-state index is 0.116. The van der Waals surface area contributed by atoms with E-state index in [-0.39, 0.29) is 5.92 Å². The quantitative estimate of drug-likeness (QED) is 0.482. The van der Waals surface area contributed by atoms with E-state index in [9.17, 15) is 14.7 Å². The van der Waals surface area contributed by atoms with E-state index in [1.807, 2.05) is 6.92 Å². The van der Waals surface area contributed by atoms with Crippen LogP contribution in [-0.2, 0) is 9.53 Å². The van der Waals surface area contributed by atoms with Gasteiger partial charge in [-0.1, -0.05) is 65.2 Å². The molecule has 24 heavy (non-hydrogen) atoms. The Morgan fingerprint density at radius 1 is 1.00 bits per heavy atom. The third kappa shape index (κ3) is 12.2. The molecule has 142 valence electrons. The maximum atomic E-state index is 11.8. The summed E-state index contributed by atoms with van der Waals surface area (Å²) in [5.41, 5.74) is -0.631. The summed E-state index contributed by atoms with van der Waals surface area (Å²) in [7, 11) is 0. The van der Waals surface area contributed by atoms with Crippen molar-refractivity contribution in [2.75, 3.05) is 0 Å². The highest BCUT2D eigenvalue weighted by Crippen LogP contribution is 2.17. The molecule has 5 nitrogen and oxygen atoms in total. The Morgan fingerprint density at radius 3 is 1.96 bits per heavy atom. The van der Waals surface area contributed by atoms with Gasteiger partial charge in [-0.15, -0.1) is 0 Å². The number of carboxylic acid groups (broad SMARTS) is 1. The normalized spacial score (nSPS) is 14.0. The van der Waals surface area contributed by atoms with Crippen molar-refractivity contribution in [3.8, 4) is 0 Å². The van der Waals surface area contributed by atoms with Gasteiger partial charge in [0.2, 0.25) is 0 Å². The van der Waals surface area contributed by atoms with E-state index < -0.39 is 23.7 Å². The molecule has 5 heteroatoms. The van der Waals surface area contributed by atoms with Crippen LogP contribution in [0.5, 0.6) is 0 Å². The van der Waals surface area contributed by atoms with Crippen LogP contribution in [0.3, 0.4) is 0 Å². The molecular formula is C19H37NO4. The number of amides is 1. The summed E-state index contributed by atoms with van der Waals surface area (Å²) >= 11 is 0. The van der Waals surface area contributed by atoms with Crippen LogP contribution in [-0.4, -0.2) is 28.8 Å². The lowest BCUT2D eigenvalue weighted by molar-refractivity contribution is -0.140. The van der Waals surface area contributed by atoms with E-state index in [1.54, 1.807) is 20.8 Å². The number of nitrogens with one attached hydrogen (secondary N) is 1. The van der Waals surface area contributed by atoms with Crippen molar-refractivity contribution < 1.29 is 19.4 Å². The highest BCUT2D eigenvalue weighted by molar-refractivity contribution is 5.80. The number of hydrogen-bond acceptors (Lipinski definition) is 3. The van der Waals surface area contributed by atoms with Crippen molar-refractivity contribution >= 4 is 12.1 Å². The molecule has 0 aliphatic carbocycles. The molecule has 0 heterocycles. The summed E-state index contributed by atoms with van der Waals surface area (Å²) in [5.74, 6) is -1.12. The zero-order valence-electron chi connectivity index (χ0n) is 16.2. The molecule has 1 amide bonds. The molecule has 0 radical (unpaired) electrons. The Labute approximate surface area is 147 Å². The van der Waals surface area contributed by atoms with Crippen molar-refractivity contribution in [1.29, 1.82) is 0 Å². The average Bonchev–Trinajstić information content (AvgIpc) is 2.45. The maximum absolute atomic E-state index is 11.8. The SMILES string of the molecule is CCCCCCCCCCC(C)C(NC(=O)OC(C)(C)C)C(=O)O. The largest absolute Gasteiger partial charge is 0.480 e. The molecule has 0 rings (SSSR count). The van der Waals surface area contributed by atoms with Crippen LogP contribution >= 0.6 is 0 Å². The summed E-state index contributed by atoms with van der Waals surface area (Å²) < 4.78 is 5.14. The van der Waals surface area contributed by atoms with Gasteiger partial charge in [-0.2, -0.15) is 0 Å². The Balaban J connectivity index is 4.06. The van der Waals surface area contributed by atoms with Gasteiger partial charge in [0.1, 0.15) is 11.6 Å². The van der Waals surface area contributed by atoms with Crippen molar-refractivity contribution in [3.05, 3.63) is 0 Å². The fourth-order valence-electron chi connectivity index (χ4n) is 2.65. The van der Waals surface area contributed by atoms with E-state index in [0.717, 1.165) is 19.3 Å². The Morgan fingerprint density at radius 2 is 1.50 bits per heavy atom. The first-order valence-corrected chi connectivity index (χ1v) is 9.39. The number of unbranched alkanes of at least 4 members (excludes halogenated alkanes) is 7. The summed E-state index contributed by atoms with van der Waals surface area (Å²) in [6.07, 6.45) is 9.88. The van der Waals surface area contributed by atoms with Gasteiger partial charge < -0.3 is 15.2 Å². The Kier molecular flexibility index (Phi) is 11.5. The highest BCUT2D eigenvalue weighted by atomic mass is 16.6. The number of rotatable bonds is 12. The molecular weight excluding hydrogens is 306 g/mol. The standard InChI is InChI=1S/C19H37NO4/c1-6-7-8-9-10-11-12-13-14-15(2)16(17(21)22)20-18(23)24-19(3,4)5/h15-16H,6-14H2,1-5H3,(H,20,23)(H,21,22). The van der Waals surface area contributed by atoms with Gasteiger partial charge in [0, 0.05) is 0 Å². The molecule has 0 aromatic heterocycles. The van der Waals surface area contributed by atoms with Gasteiger partial charge >= 0.3 is 12.1 Å². The third-order valence-electron chi connectivity index (χ3n) is 4.02. The maximum Gasteiger partial charge on any atom is 0.408 e. The fourth-order valence-corrected chi connectivity index (χ4v) is 2.65. The molecule has 0 aromatic rings. The van der Waals surface area contributed by atoms with Gasteiger partial charge in [0.15, 0.2) is 0 Å². The molecule has 0 aliphatic rings. The second-order valence-electron chi connectivity index (χ2n) is 7.70. The topological polar surface area (TPSA) is 75.6 Å². The number of ether oxygens (including phenoxy) is 1. The second-order valence-corrected chi connectivity index (χ2v) is 7.70. The summed E-state index contributed by atoms with van der Waals surface area (Å²) in [5, 5.41) is 11.8. The first-order valence-electron chi connectivity index (χ1n) is 9.39. The van der Waals surface area contributed by atoms with E-state index in [4.69, 9.17) is 4.74 Å². The lowest BCUT2D eigenvalue weighted by Gasteiger charge is -2.25. The monoisotopic (exact) mass is 343 g/mol. The number of aliphatic carboxylic acids is 1. The first-order chi connectivity index (χ1) is 11.2. The molecule has 0 spiro atoms. The zero-order chi connectivity index (χ0) is 18.6. The predicted octanol–water partition coefficient (Wildman–Crippen LogP) is 5.13. The minimum atomic E-state index is -1.01. The Hall–Kier alpha value is -1.26. The molecule has 0 bridgehead atoms. The molecule has 0 aromatic carbocycles. The lowest BCUT2D eigenvalue weighted by Crippen LogP contribution is -2.47. The number of hydrogen-bond donors (Lipinski definition) is 2. The third-order valence-corrected chi connectivity index (χ3v) is 4.02. The summed E-state index contributed by atoms with van der Waals surface area (Å²) in [6, 6.07) is -0.899. The molecule has 0 saturated carbocycles. The minimum Gasteiger partial charge on any atom is -0.480 e. The lowest BCUT2D eigenvalue weighted by atomic mass is 9.95. The molecule has 0 aliphatic heterocycles. The van der Waals surface area contributed by atoms with Crippen molar-refractivity contribution in [2.24, 2.45) is 5.92 Å². The van der Waals surface area contributed by atoms with Crippen LogP contribution in [0.25, 0.3) is 0 Å². The van der Waals surface area contributed by atoms with E-state index >= 15 is 0 Å². The second kappa shape index (κ2) is 12.2. The van der Waals surface area contributed by atoms with Crippen LogP contribution in [0.1, 0.15) is 92.4 Å². The molecule has 2 unspecified atom stereocenters. The molecule has 0 saturated heterocycles. The van der Waals surface area contributed by atoms with Crippen LogP contribution in [0.2, 0.25) is 0 Å². The molecule has 2 atom stereocenters. The Bertz CT molecular complexity index is 363. The van der Waals surface area contributed by atoms with Crippen molar-refractivity contribution in [1.82, 2.24) is 5.32 Å². The molecule has 2 N–H and O–H groups in total. The van der Waals surface area contributed by atoms with Gasteiger partial charge in [0.05, 0.1) is 0 Å². The number of carboxylic acids is 1. The highest BCUT2D eigenvalue weighted by Gasteiger charge is 2.28. The van der Waals surface area contributed by atoms with Crippen LogP contribution in [0.4, 0.5) is 4.79 Å². The summed E-state index contributed by atoms with van der Waals surface area (Å²) in [6.45, 7) is 9.36. The summed E-state index contributed by atoms with van der Waals surface area (Å²) in [4.78, 5) is 23.2. The van der Waals surface area contributed by atoms with E-state index in [0.29, 0.717) is 0 Å². The number of alkyl carbamates (subject to hydrolysis) is 1. The van der Waals surface area contributed by atoms with Gasteiger partial charge in [-0.3, -0.25) is 0 Å². The molecule has 0 fully saturated rings. The first kappa shape index (κ1) is 22.7. The van der Waals surface area contributed by atoms with Crippen LogP contribution < -0.4 is 5.32 Å². The smallest absolute Gasteiger partial charge is 0.408 e. The predicted molar refractivity (Wildman–Crippen MR) is 97.2 cm³/mol. The van der Waals surface area contributed by atoms with Gasteiger partial charge in [-0.05, 0) is 33.1 Å². The number of carbonyl (C=O) groups excluding carboxylic acids is 1. The average molecular weight is 344 g/mol. The fraction of sp³-hybridized carbons (Fsp3) is 0.895. The zero-order valence-corrected chi connectivity index (χ0v) is 16.2. The van der Waals surface area contributed by atoms with Gasteiger partial charge in [-0.25, -0.2) is 9.59 Å². The van der Waals surface area contributed by atoms with Crippen LogP contribution in [0, 0.1) is 5.92 Å².